The zero-order chi connectivity index (χ0) is 24.1. The summed E-state index contributed by atoms with van der Waals surface area (Å²) in [4.78, 5) is 12.0. The van der Waals surface area contributed by atoms with Crippen LogP contribution in [0.2, 0.25) is 5.02 Å². The number of halogens is 2. The van der Waals surface area contributed by atoms with Crippen molar-refractivity contribution in [2.75, 3.05) is 10.0 Å². The topological polar surface area (TPSA) is 84.5 Å². The SMILES string of the molecule is O=C(Nc1ccc(S(=O)(=O)Nc2ccc(Oc3ccccc3)cc2)cc1F)c1ccc(Cl)cc1. The lowest BCUT2D eigenvalue weighted by Gasteiger charge is -2.11. The van der Waals surface area contributed by atoms with E-state index >= 15 is 0 Å². The molecule has 2 N–H and O–H groups in total. The molecule has 0 bridgehead atoms. The number of anilines is 2. The first kappa shape index (κ1) is 23.3. The van der Waals surface area contributed by atoms with Crippen molar-refractivity contribution >= 4 is 38.9 Å². The number of carbonyl (C=O) groups excluding carboxylic acids is 1. The third-order valence-electron chi connectivity index (χ3n) is 4.69. The van der Waals surface area contributed by atoms with Gasteiger partial charge in [0.05, 0.1) is 10.6 Å². The van der Waals surface area contributed by atoms with Crippen LogP contribution in [0.4, 0.5) is 15.8 Å². The van der Waals surface area contributed by atoms with Crippen molar-refractivity contribution in [3.05, 3.63) is 113 Å². The zero-order valence-electron chi connectivity index (χ0n) is 17.5. The lowest BCUT2D eigenvalue weighted by molar-refractivity contribution is 0.102. The lowest BCUT2D eigenvalue weighted by Crippen LogP contribution is -2.15. The van der Waals surface area contributed by atoms with E-state index in [1.54, 1.807) is 24.3 Å². The van der Waals surface area contributed by atoms with Crippen LogP contribution in [0.3, 0.4) is 0 Å². The van der Waals surface area contributed by atoms with E-state index in [-0.39, 0.29) is 21.8 Å². The van der Waals surface area contributed by atoms with Crippen LogP contribution in [-0.2, 0) is 10.0 Å². The average Bonchev–Trinajstić information content (AvgIpc) is 2.82. The highest BCUT2D eigenvalue weighted by Gasteiger charge is 2.18. The maximum atomic E-state index is 14.6. The summed E-state index contributed by atoms with van der Waals surface area (Å²) in [6.45, 7) is 0. The van der Waals surface area contributed by atoms with Crippen molar-refractivity contribution in [2.24, 2.45) is 0 Å². The molecule has 0 unspecified atom stereocenters. The van der Waals surface area contributed by atoms with Gasteiger partial charge < -0.3 is 10.1 Å². The second-order valence-corrected chi connectivity index (χ2v) is 9.27. The molecule has 9 heteroatoms. The predicted molar refractivity (Wildman–Crippen MR) is 130 cm³/mol. The number of amides is 1. The van der Waals surface area contributed by atoms with Gasteiger partial charge in [-0.25, -0.2) is 12.8 Å². The van der Waals surface area contributed by atoms with Gasteiger partial charge in [0, 0.05) is 16.3 Å². The van der Waals surface area contributed by atoms with E-state index in [9.17, 15) is 17.6 Å². The molecule has 0 heterocycles. The maximum absolute atomic E-state index is 14.6. The largest absolute Gasteiger partial charge is 0.457 e. The molecule has 172 valence electrons. The van der Waals surface area contributed by atoms with Crippen LogP contribution in [0.15, 0.2) is 102 Å². The van der Waals surface area contributed by atoms with E-state index in [1.807, 2.05) is 18.2 Å². The normalized spacial score (nSPS) is 11.0. The summed E-state index contributed by atoms with van der Waals surface area (Å²) in [7, 11) is -4.07. The number of hydrogen-bond acceptors (Lipinski definition) is 4. The molecule has 0 fully saturated rings. The van der Waals surface area contributed by atoms with E-state index in [2.05, 4.69) is 10.0 Å². The minimum absolute atomic E-state index is 0.152. The molecule has 4 aromatic carbocycles. The number of nitrogens with one attached hydrogen (secondary N) is 2. The monoisotopic (exact) mass is 496 g/mol. The highest BCUT2D eigenvalue weighted by molar-refractivity contribution is 7.92. The number of para-hydroxylation sites is 1. The molecule has 0 aromatic heterocycles. The first-order valence-corrected chi connectivity index (χ1v) is 11.9. The van der Waals surface area contributed by atoms with Gasteiger partial charge in [-0.1, -0.05) is 29.8 Å². The Balaban J connectivity index is 1.44. The molecule has 0 aliphatic rings. The van der Waals surface area contributed by atoms with Crippen molar-refractivity contribution in [2.45, 2.75) is 4.90 Å². The van der Waals surface area contributed by atoms with Gasteiger partial charge >= 0.3 is 0 Å². The molecule has 0 radical (unpaired) electrons. The Morgan fingerprint density at radius 2 is 1.47 bits per heavy atom. The van der Waals surface area contributed by atoms with Crippen LogP contribution in [0, 0.1) is 5.82 Å². The molecule has 0 saturated heterocycles. The first-order chi connectivity index (χ1) is 16.3. The average molecular weight is 497 g/mol. The molecule has 4 rings (SSSR count). The van der Waals surface area contributed by atoms with Crippen molar-refractivity contribution in [1.29, 1.82) is 0 Å². The molecule has 0 atom stereocenters. The van der Waals surface area contributed by atoms with Crippen LogP contribution in [0.5, 0.6) is 11.5 Å². The van der Waals surface area contributed by atoms with Crippen LogP contribution < -0.4 is 14.8 Å². The summed E-state index contributed by atoms with van der Waals surface area (Å²) in [6.07, 6.45) is 0. The first-order valence-electron chi connectivity index (χ1n) is 10.0. The molecule has 0 saturated carbocycles. The van der Waals surface area contributed by atoms with Gasteiger partial charge in [0.25, 0.3) is 15.9 Å². The van der Waals surface area contributed by atoms with Crippen molar-refractivity contribution in [1.82, 2.24) is 0 Å². The highest BCUT2D eigenvalue weighted by Crippen LogP contribution is 2.25. The minimum atomic E-state index is -4.07. The Hall–Kier alpha value is -3.88. The van der Waals surface area contributed by atoms with Gasteiger partial charge in [-0.15, -0.1) is 0 Å². The van der Waals surface area contributed by atoms with Crippen LogP contribution in [-0.4, -0.2) is 14.3 Å². The zero-order valence-corrected chi connectivity index (χ0v) is 19.1. The van der Waals surface area contributed by atoms with Gasteiger partial charge in [0.15, 0.2) is 0 Å². The van der Waals surface area contributed by atoms with Gasteiger partial charge in [-0.3, -0.25) is 9.52 Å². The van der Waals surface area contributed by atoms with E-state index in [0.717, 1.165) is 6.07 Å². The smallest absolute Gasteiger partial charge is 0.261 e. The third-order valence-corrected chi connectivity index (χ3v) is 6.32. The van der Waals surface area contributed by atoms with Gasteiger partial charge in [-0.2, -0.15) is 0 Å². The molecular formula is C25H18ClFN2O4S. The molecule has 6 nitrogen and oxygen atoms in total. The Kier molecular flexibility index (Phi) is 6.81. The Morgan fingerprint density at radius 3 is 2.12 bits per heavy atom. The molecule has 0 aliphatic carbocycles. The Morgan fingerprint density at radius 1 is 0.824 bits per heavy atom. The number of benzene rings is 4. The summed E-state index contributed by atoms with van der Waals surface area (Å²) in [5.41, 5.74) is 0.407. The quantitative estimate of drug-likeness (QED) is 0.313. The van der Waals surface area contributed by atoms with Crippen LogP contribution in [0.1, 0.15) is 10.4 Å². The van der Waals surface area contributed by atoms with Gasteiger partial charge in [0.2, 0.25) is 0 Å². The van der Waals surface area contributed by atoms with Crippen LogP contribution in [0.25, 0.3) is 0 Å². The maximum Gasteiger partial charge on any atom is 0.261 e. The highest BCUT2D eigenvalue weighted by atomic mass is 35.5. The Labute approximate surface area is 201 Å². The predicted octanol–water partition coefficient (Wildman–Crippen LogP) is 6.32. The summed E-state index contributed by atoms with van der Waals surface area (Å²) >= 11 is 5.80. The molecular weight excluding hydrogens is 479 g/mol. The van der Waals surface area contributed by atoms with E-state index in [1.165, 1.54) is 48.5 Å². The second-order valence-electron chi connectivity index (χ2n) is 7.15. The molecule has 1 amide bonds. The summed E-state index contributed by atoms with van der Waals surface area (Å²) in [6, 6.07) is 24.7. The number of sulfonamides is 1. The fourth-order valence-corrected chi connectivity index (χ4v) is 4.19. The molecule has 0 spiro atoms. The van der Waals surface area contributed by atoms with Crippen LogP contribution >= 0.6 is 11.6 Å². The van der Waals surface area contributed by atoms with Crippen molar-refractivity contribution in [3.8, 4) is 11.5 Å². The number of carbonyl (C=O) groups is 1. The second kappa shape index (κ2) is 9.94. The van der Waals surface area contributed by atoms with Crippen molar-refractivity contribution in [3.63, 3.8) is 0 Å². The van der Waals surface area contributed by atoms with Gasteiger partial charge in [0.1, 0.15) is 17.3 Å². The summed E-state index contributed by atoms with van der Waals surface area (Å²) < 4.78 is 48.1. The van der Waals surface area contributed by atoms with E-state index in [0.29, 0.717) is 16.5 Å². The van der Waals surface area contributed by atoms with E-state index < -0.39 is 21.7 Å². The number of hydrogen-bond donors (Lipinski definition) is 2. The van der Waals surface area contributed by atoms with Gasteiger partial charge in [-0.05, 0) is 78.9 Å². The fraction of sp³-hybridized carbons (Fsp3) is 0. The Bertz CT molecular complexity index is 1410. The minimum Gasteiger partial charge on any atom is -0.457 e. The third kappa shape index (κ3) is 5.72. The van der Waals surface area contributed by atoms with E-state index in [4.69, 9.17) is 16.3 Å². The molecule has 0 aliphatic heterocycles. The molecule has 34 heavy (non-hydrogen) atoms. The fourth-order valence-electron chi connectivity index (χ4n) is 2.99. The number of rotatable bonds is 7. The number of ether oxygens (including phenoxy) is 1. The lowest BCUT2D eigenvalue weighted by atomic mass is 10.2. The standard InChI is InChI=1S/C25H18ClFN2O4S/c26-18-8-6-17(7-9-18)25(30)28-24-15-14-22(16-23(24)27)34(31,32)29-19-10-12-21(13-11-19)33-20-4-2-1-3-5-20/h1-16,29H,(H,28,30). The summed E-state index contributed by atoms with van der Waals surface area (Å²) in [5.74, 6) is -0.269. The van der Waals surface area contributed by atoms with Crippen molar-refractivity contribution < 1.29 is 22.3 Å². The summed E-state index contributed by atoms with van der Waals surface area (Å²) in [5, 5.41) is 2.88. The molecule has 4 aromatic rings.